The molecule has 0 radical (unpaired) electrons. The average Bonchev–Trinajstić information content (AvgIpc) is 2.13. The topological polar surface area (TPSA) is 72.3 Å². The fraction of sp³-hybridized carbons (Fsp3) is 0.200. The summed E-state index contributed by atoms with van der Waals surface area (Å²) in [5.74, 6) is 0.0497. The van der Waals surface area contributed by atoms with Gasteiger partial charge in [0.1, 0.15) is 5.75 Å². The van der Waals surface area contributed by atoms with Crippen molar-refractivity contribution in [1.29, 1.82) is 0 Å². The molecule has 0 aliphatic carbocycles. The molecule has 0 unspecified atom stereocenters. The summed E-state index contributed by atoms with van der Waals surface area (Å²) >= 11 is 3.32. The van der Waals surface area contributed by atoms with E-state index in [0.29, 0.717) is 17.7 Å². The number of phenolic OH excluding ortho intramolecular Hbond substituents is 1. The lowest BCUT2D eigenvalue weighted by Gasteiger charge is -2.14. The largest absolute Gasteiger partial charge is 0.505 e. The first-order valence-electron chi connectivity index (χ1n) is 4.21. The Morgan fingerprint density at radius 3 is 2.79 bits per heavy atom. The molecule has 0 aromatic heterocycles. The number of benzene rings is 1. The fourth-order valence-electron chi connectivity index (χ4n) is 1.25. The van der Waals surface area contributed by atoms with Crippen molar-refractivity contribution >= 4 is 21.6 Å². The van der Waals surface area contributed by atoms with Crippen molar-refractivity contribution < 1.29 is 5.11 Å². The summed E-state index contributed by atoms with van der Waals surface area (Å²) in [7, 11) is 0. The van der Waals surface area contributed by atoms with Crippen molar-refractivity contribution in [3.8, 4) is 5.75 Å². The Morgan fingerprint density at radius 1 is 1.57 bits per heavy atom. The first-order chi connectivity index (χ1) is 6.57. The van der Waals surface area contributed by atoms with Crippen molar-refractivity contribution in [2.45, 2.75) is 12.5 Å². The molecule has 0 amide bonds. The molecule has 0 fully saturated rings. The van der Waals surface area contributed by atoms with Gasteiger partial charge in [0.05, 0.1) is 5.69 Å². The van der Waals surface area contributed by atoms with Crippen LogP contribution >= 0.6 is 15.9 Å². The van der Waals surface area contributed by atoms with Gasteiger partial charge in [-0.15, -0.1) is 6.58 Å². The number of aromatic hydroxyl groups is 1. The standard InChI is InChI=1S/C10H13BrN2O/c1-2-3-7(12)9-6(11)4-5-8(13)10(9)14/h2,4-5,7,14H,1,3,12-13H2/t7-/m0/s1. The lowest BCUT2D eigenvalue weighted by atomic mass is 10.0. The summed E-state index contributed by atoms with van der Waals surface area (Å²) in [5, 5.41) is 9.71. The monoisotopic (exact) mass is 256 g/mol. The van der Waals surface area contributed by atoms with Crippen LogP contribution in [0.5, 0.6) is 5.75 Å². The Bertz CT molecular complexity index is 352. The molecule has 5 N–H and O–H groups in total. The summed E-state index contributed by atoms with van der Waals surface area (Å²) in [6, 6.07) is 3.11. The highest BCUT2D eigenvalue weighted by Gasteiger charge is 2.15. The third kappa shape index (κ3) is 2.08. The van der Waals surface area contributed by atoms with Crippen LogP contribution < -0.4 is 11.5 Å². The van der Waals surface area contributed by atoms with Crippen LogP contribution in [0.1, 0.15) is 18.0 Å². The van der Waals surface area contributed by atoms with Crippen LogP contribution in [0.4, 0.5) is 5.69 Å². The summed E-state index contributed by atoms with van der Waals surface area (Å²) in [6.07, 6.45) is 2.30. The molecule has 14 heavy (non-hydrogen) atoms. The van der Waals surface area contributed by atoms with Gasteiger partial charge in [-0.2, -0.15) is 0 Å². The molecular formula is C10H13BrN2O. The molecule has 0 heterocycles. The van der Waals surface area contributed by atoms with Crippen molar-refractivity contribution in [1.82, 2.24) is 0 Å². The van der Waals surface area contributed by atoms with Crippen molar-refractivity contribution in [3.05, 3.63) is 34.8 Å². The summed E-state index contributed by atoms with van der Waals surface area (Å²) in [6.45, 7) is 3.60. The molecule has 0 aliphatic heterocycles. The van der Waals surface area contributed by atoms with Gasteiger partial charge in [0.25, 0.3) is 0 Å². The maximum absolute atomic E-state index is 9.71. The van der Waals surface area contributed by atoms with E-state index in [9.17, 15) is 5.11 Å². The van der Waals surface area contributed by atoms with Gasteiger partial charge < -0.3 is 16.6 Å². The predicted octanol–water partition coefficient (Wildman–Crippen LogP) is 2.31. The Hall–Kier alpha value is -1.00. The van der Waals surface area contributed by atoms with E-state index in [-0.39, 0.29) is 11.8 Å². The van der Waals surface area contributed by atoms with Gasteiger partial charge in [-0.1, -0.05) is 22.0 Å². The minimum atomic E-state index is -0.287. The summed E-state index contributed by atoms with van der Waals surface area (Å²) < 4.78 is 0.763. The van der Waals surface area contributed by atoms with Crippen molar-refractivity contribution in [2.75, 3.05) is 5.73 Å². The molecule has 0 spiro atoms. The molecule has 1 atom stereocenters. The van der Waals surface area contributed by atoms with Crippen LogP contribution in [0, 0.1) is 0 Å². The smallest absolute Gasteiger partial charge is 0.144 e. The second kappa shape index (κ2) is 4.48. The lowest BCUT2D eigenvalue weighted by molar-refractivity contribution is 0.463. The van der Waals surface area contributed by atoms with E-state index in [1.165, 1.54) is 0 Å². The highest BCUT2D eigenvalue weighted by molar-refractivity contribution is 9.10. The van der Waals surface area contributed by atoms with Gasteiger partial charge in [0, 0.05) is 16.1 Å². The van der Waals surface area contributed by atoms with Crippen LogP contribution in [0.2, 0.25) is 0 Å². The highest BCUT2D eigenvalue weighted by atomic mass is 79.9. The molecule has 0 bridgehead atoms. The average molecular weight is 257 g/mol. The summed E-state index contributed by atoms with van der Waals surface area (Å²) in [4.78, 5) is 0. The highest BCUT2D eigenvalue weighted by Crippen LogP contribution is 2.36. The van der Waals surface area contributed by atoms with Gasteiger partial charge in [0.2, 0.25) is 0 Å². The summed E-state index contributed by atoms with van der Waals surface area (Å²) in [5.41, 5.74) is 12.4. The number of halogens is 1. The van der Waals surface area contributed by atoms with E-state index in [0.717, 1.165) is 4.47 Å². The number of nitrogens with two attached hydrogens (primary N) is 2. The van der Waals surface area contributed by atoms with Crippen LogP contribution in [0.25, 0.3) is 0 Å². The normalized spacial score (nSPS) is 12.4. The van der Waals surface area contributed by atoms with E-state index < -0.39 is 0 Å². The van der Waals surface area contributed by atoms with E-state index in [4.69, 9.17) is 11.5 Å². The molecule has 4 heteroatoms. The van der Waals surface area contributed by atoms with Crippen LogP contribution in [0.15, 0.2) is 29.3 Å². The molecule has 0 aliphatic rings. The maximum Gasteiger partial charge on any atom is 0.144 e. The zero-order valence-electron chi connectivity index (χ0n) is 7.70. The van der Waals surface area contributed by atoms with E-state index >= 15 is 0 Å². The van der Waals surface area contributed by atoms with Gasteiger partial charge in [0.15, 0.2) is 0 Å². The number of anilines is 1. The second-order valence-electron chi connectivity index (χ2n) is 3.03. The van der Waals surface area contributed by atoms with Crippen molar-refractivity contribution in [3.63, 3.8) is 0 Å². The molecule has 3 nitrogen and oxygen atoms in total. The van der Waals surface area contributed by atoms with Crippen molar-refractivity contribution in [2.24, 2.45) is 5.73 Å². The zero-order chi connectivity index (χ0) is 10.7. The Morgan fingerprint density at radius 2 is 2.21 bits per heavy atom. The maximum atomic E-state index is 9.71. The second-order valence-corrected chi connectivity index (χ2v) is 3.88. The molecule has 76 valence electrons. The number of rotatable bonds is 3. The van der Waals surface area contributed by atoms with Crippen LogP contribution in [-0.4, -0.2) is 5.11 Å². The van der Waals surface area contributed by atoms with E-state index in [1.54, 1.807) is 18.2 Å². The van der Waals surface area contributed by atoms with Gasteiger partial charge in [-0.3, -0.25) is 0 Å². The molecule has 0 saturated carbocycles. The Balaban J connectivity index is 3.17. The Labute approximate surface area is 91.5 Å². The minimum absolute atomic E-state index is 0.0497. The minimum Gasteiger partial charge on any atom is -0.505 e. The first kappa shape index (κ1) is 11.1. The number of hydrogen-bond acceptors (Lipinski definition) is 3. The van der Waals surface area contributed by atoms with Crippen LogP contribution in [0.3, 0.4) is 0 Å². The fourth-order valence-corrected chi connectivity index (χ4v) is 1.86. The Kier molecular flexibility index (Phi) is 3.55. The molecular weight excluding hydrogens is 244 g/mol. The van der Waals surface area contributed by atoms with E-state index in [1.807, 2.05) is 0 Å². The number of phenols is 1. The first-order valence-corrected chi connectivity index (χ1v) is 5.00. The third-order valence-corrected chi connectivity index (χ3v) is 2.68. The predicted molar refractivity (Wildman–Crippen MR) is 62.0 cm³/mol. The number of nitrogen functional groups attached to an aromatic ring is 1. The molecule has 1 aromatic carbocycles. The molecule has 1 aromatic rings. The zero-order valence-corrected chi connectivity index (χ0v) is 9.29. The molecule has 0 saturated heterocycles. The quantitative estimate of drug-likeness (QED) is 0.442. The van der Waals surface area contributed by atoms with Gasteiger partial charge in [-0.25, -0.2) is 0 Å². The van der Waals surface area contributed by atoms with Gasteiger partial charge in [-0.05, 0) is 18.6 Å². The third-order valence-electron chi connectivity index (χ3n) is 1.99. The SMILES string of the molecule is C=CC[C@H](N)c1c(Br)ccc(N)c1O. The molecule has 1 rings (SSSR count). The van der Waals surface area contributed by atoms with Crippen LogP contribution in [-0.2, 0) is 0 Å². The lowest BCUT2D eigenvalue weighted by Crippen LogP contribution is -2.10. The van der Waals surface area contributed by atoms with E-state index in [2.05, 4.69) is 22.5 Å². The number of hydrogen-bond donors (Lipinski definition) is 3. The van der Waals surface area contributed by atoms with Gasteiger partial charge >= 0.3 is 0 Å².